The van der Waals surface area contributed by atoms with Crippen molar-refractivity contribution < 1.29 is 9.53 Å². The number of methoxy groups -OCH3 is 1. The third-order valence-corrected chi connectivity index (χ3v) is 5.88. The SMILES string of the molecule is COc1c2c(nn1C)[C@@]1(C)CC(C#N)C(=O)C(C)(C)[C@@H]1CC2. The number of aromatic nitrogens is 2. The lowest BCUT2D eigenvalue weighted by atomic mass is 9.49. The van der Waals surface area contributed by atoms with Crippen LogP contribution in [0.5, 0.6) is 5.88 Å². The zero-order valence-corrected chi connectivity index (χ0v) is 13.9. The quantitative estimate of drug-likeness (QED) is 0.798. The van der Waals surface area contributed by atoms with Crippen molar-refractivity contribution in [2.24, 2.45) is 24.3 Å². The highest BCUT2D eigenvalue weighted by Gasteiger charge is 2.58. The summed E-state index contributed by atoms with van der Waals surface area (Å²) >= 11 is 0. The van der Waals surface area contributed by atoms with Crippen LogP contribution in [0.1, 0.15) is 44.9 Å². The van der Waals surface area contributed by atoms with Gasteiger partial charge in [-0.05, 0) is 25.2 Å². The van der Waals surface area contributed by atoms with Crippen LogP contribution in [0.25, 0.3) is 0 Å². The maximum atomic E-state index is 12.6. The fourth-order valence-electron chi connectivity index (χ4n) is 4.90. The molecular formula is C17H23N3O2. The Morgan fingerprint density at radius 1 is 1.41 bits per heavy atom. The topological polar surface area (TPSA) is 67.9 Å². The number of Topliss-reactive ketones (excluding diaryl/α,β-unsaturated/α-hetero) is 1. The molecule has 1 unspecified atom stereocenters. The number of ketones is 1. The first kappa shape index (κ1) is 15.1. The van der Waals surface area contributed by atoms with Gasteiger partial charge in [0, 0.05) is 23.4 Å². The number of nitriles is 1. The molecule has 0 aliphatic heterocycles. The van der Waals surface area contributed by atoms with Gasteiger partial charge in [-0.25, -0.2) is 4.68 Å². The summed E-state index contributed by atoms with van der Waals surface area (Å²) in [5, 5.41) is 14.1. The first-order chi connectivity index (χ1) is 10.3. The second kappa shape index (κ2) is 4.58. The minimum absolute atomic E-state index is 0.0869. The van der Waals surface area contributed by atoms with Crippen molar-refractivity contribution in [1.29, 1.82) is 5.26 Å². The van der Waals surface area contributed by atoms with Crippen molar-refractivity contribution in [2.75, 3.05) is 7.11 Å². The van der Waals surface area contributed by atoms with Crippen LogP contribution in [0.15, 0.2) is 0 Å². The molecule has 0 N–H and O–H groups in total. The van der Waals surface area contributed by atoms with E-state index >= 15 is 0 Å². The average Bonchev–Trinajstić information content (AvgIpc) is 2.80. The van der Waals surface area contributed by atoms with Crippen LogP contribution in [0.2, 0.25) is 0 Å². The number of ether oxygens (including phenoxy) is 1. The highest BCUT2D eigenvalue weighted by Crippen LogP contribution is 2.57. The molecule has 1 saturated carbocycles. The molecule has 1 heterocycles. The number of fused-ring (bicyclic) bond motifs is 3. The number of hydrogen-bond donors (Lipinski definition) is 0. The minimum Gasteiger partial charge on any atom is -0.481 e. The van der Waals surface area contributed by atoms with Gasteiger partial charge in [0.05, 0.1) is 18.9 Å². The Kier molecular flexibility index (Phi) is 3.14. The van der Waals surface area contributed by atoms with Crippen molar-refractivity contribution >= 4 is 5.78 Å². The van der Waals surface area contributed by atoms with E-state index < -0.39 is 11.3 Å². The lowest BCUT2D eigenvalue weighted by Gasteiger charge is -2.52. The monoisotopic (exact) mass is 301 g/mol. The van der Waals surface area contributed by atoms with Crippen molar-refractivity contribution in [1.82, 2.24) is 9.78 Å². The van der Waals surface area contributed by atoms with Gasteiger partial charge in [-0.2, -0.15) is 10.4 Å². The third kappa shape index (κ3) is 1.70. The molecule has 0 radical (unpaired) electrons. The van der Waals surface area contributed by atoms with E-state index in [-0.39, 0.29) is 17.1 Å². The molecule has 1 fully saturated rings. The van der Waals surface area contributed by atoms with E-state index in [4.69, 9.17) is 9.84 Å². The molecule has 22 heavy (non-hydrogen) atoms. The second-order valence-corrected chi connectivity index (χ2v) is 7.44. The standard InChI is InChI=1S/C17H23N3O2/c1-16(2)12-7-6-11-13(19-20(4)15(11)22-5)17(12,3)8-10(9-18)14(16)21/h10,12H,6-8H2,1-5H3/t10?,12-,17-/m0/s1. The van der Waals surface area contributed by atoms with E-state index in [1.54, 1.807) is 11.8 Å². The van der Waals surface area contributed by atoms with Gasteiger partial charge in [-0.1, -0.05) is 20.8 Å². The molecular weight excluding hydrogens is 278 g/mol. The van der Waals surface area contributed by atoms with Crippen molar-refractivity contribution in [3.63, 3.8) is 0 Å². The smallest absolute Gasteiger partial charge is 0.214 e. The summed E-state index contributed by atoms with van der Waals surface area (Å²) in [7, 11) is 3.55. The largest absolute Gasteiger partial charge is 0.481 e. The summed E-state index contributed by atoms with van der Waals surface area (Å²) in [5.41, 5.74) is 1.42. The number of carbonyl (C=O) groups is 1. The van der Waals surface area contributed by atoms with Crippen molar-refractivity contribution in [3.05, 3.63) is 11.3 Å². The lowest BCUT2D eigenvalue weighted by Crippen LogP contribution is -2.55. The van der Waals surface area contributed by atoms with Gasteiger partial charge < -0.3 is 4.74 Å². The third-order valence-electron chi connectivity index (χ3n) is 5.88. The van der Waals surface area contributed by atoms with Crippen LogP contribution in [-0.2, 0) is 23.7 Å². The molecule has 0 bridgehead atoms. The van der Waals surface area contributed by atoms with E-state index in [0.29, 0.717) is 6.42 Å². The molecule has 0 aromatic carbocycles. The molecule has 118 valence electrons. The summed E-state index contributed by atoms with van der Waals surface area (Å²) in [6.45, 7) is 6.15. The second-order valence-electron chi connectivity index (χ2n) is 7.44. The number of aryl methyl sites for hydroxylation is 1. The summed E-state index contributed by atoms with van der Waals surface area (Å²) in [6.07, 6.45) is 2.37. The van der Waals surface area contributed by atoms with E-state index in [0.717, 1.165) is 30.0 Å². The van der Waals surface area contributed by atoms with Gasteiger partial charge in [0.1, 0.15) is 5.92 Å². The van der Waals surface area contributed by atoms with Gasteiger partial charge in [-0.3, -0.25) is 4.79 Å². The maximum Gasteiger partial charge on any atom is 0.214 e. The molecule has 1 aromatic rings. The Bertz CT molecular complexity index is 683. The molecule has 0 spiro atoms. The van der Waals surface area contributed by atoms with Crippen LogP contribution >= 0.6 is 0 Å². The lowest BCUT2D eigenvalue weighted by molar-refractivity contribution is -0.140. The van der Waals surface area contributed by atoms with Crippen LogP contribution in [0.3, 0.4) is 0 Å². The summed E-state index contributed by atoms with van der Waals surface area (Å²) in [6, 6.07) is 2.22. The van der Waals surface area contributed by atoms with Gasteiger partial charge in [0.15, 0.2) is 5.78 Å². The predicted molar refractivity (Wildman–Crippen MR) is 81.4 cm³/mol. The molecule has 0 amide bonds. The molecule has 2 aliphatic carbocycles. The van der Waals surface area contributed by atoms with Crippen LogP contribution in [-0.4, -0.2) is 22.7 Å². The molecule has 3 rings (SSSR count). The van der Waals surface area contributed by atoms with Crippen LogP contribution in [0.4, 0.5) is 0 Å². The molecule has 2 aliphatic rings. The van der Waals surface area contributed by atoms with Gasteiger partial charge >= 0.3 is 0 Å². The first-order valence-electron chi connectivity index (χ1n) is 7.81. The minimum atomic E-state index is -0.546. The average molecular weight is 301 g/mol. The predicted octanol–water partition coefficient (Wildman–Crippen LogP) is 2.39. The fourth-order valence-corrected chi connectivity index (χ4v) is 4.90. The summed E-state index contributed by atoms with van der Waals surface area (Å²) < 4.78 is 7.28. The highest BCUT2D eigenvalue weighted by atomic mass is 16.5. The zero-order valence-electron chi connectivity index (χ0n) is 13.9. The number of carbonyl (C=O) groups excluding carboxylic acids is 1. The Morgan fingerprint density at radius 3 is 2.68 bits per heavy atom. The maximum absolute atomic E-state index is 12.6. The van der Waals surface area contributed by atoms with Gasteiger partial charge in [-0.15, -0.1) is 0 Å². The number of hydrogen-bond acceptors (Lipinski definition) is 4. The highest BCUT2D eigenvalue weighted by molar-refractivity contribution is 5.90. The van der Waals surface area contributed by atoms with Gasteiger partial charge in [0.25, 0.3) is 0 Å². The summed E-state index contributed by atoms with van der Waals surface area (Å²) in [4.78, 5) is 12.6. The normalized spacial score (nSPS) is 32.8. The fraction of sp³-hybridized carbons (Fsp3) is 0.706. The molecule has 5 nitrogen and oxygen atoms in total. The van der Waals surface area contributed by atoms with E-state index in [2.05, 4.69) is 13.0 Å². The molecule has 0 saturated heterocycles. The molecule has 5 heteroatoms. The Balaban J connectivity index is 2.18. The molecule has 3 atom stereocenters. The van der Waals surface area contributed by atoms with Crippen LogP contribution < -0.4 is 4.74 Å². The molecule has 1 aromatic heterocycles. The Labute approximate surface area is 131 Å². The van der Waals surface area contributed by atoms with Gasteiger partial charge in [0.2, 0.25) is 5.88 Å². The summed E-state index contributed by atoms with van der Waals surface area (Å²) in [5.74, 6) is 0.557. The van der Waals surface area contributed by atoms with E-state index in [1.165, 1.54) is 0 Å². The Morgan fingerprint density at radius 2 is 2.09 bits per heavy atom. The van der Waals surface area contributed by atoms with E-state index in [1.807, 2.05) is 20.9 Å². The van der Waals surface area contributed by atoms with Crippen molar-refractivity contribution in [3.8, 4) is 11.9 Å². The number of nitrogens with zero attached hydrogens (tertiary/aromatic N) is 3. The zero-order chi connectivity index (χ0) is 16.3. The van der Waals surface area contributed by atoms with Crippen LogP contribution in [0, 0.1) is 28.6 Å². The first-order valence-corrected chi connectivity index (χ1v) is 7.81. The Hall–Kier alpha value is -1.83. The van der Waals surface area contributed by atoms with E-state index in [9.17, 15) is 10.1 Å². The van der Waals surface area contributed by atoms with Crippen molar-refractivity contribution in [2.45, 2.75) is 45.4 Å². The number of rotatable bonds is 1.